The van der Waals surface area contributed by atoms with Crippen molar-refractivity contribution in [1.82, 2.24) is 20.4 Å². The Morgan fingerprint density at radius 3 is 2.52 bits per heavy atom. The molecule has 11 heteroatoms. The summed E-state index contributed by atoms with van der Waals surface area (Å²) >= 11 is 1.35. The van der Waals surface area contributed by atoms with Crippen molar-refractivity contribution < 1.29 is 9.72 Å². The van der Waals surface area contributed by atoms with Crippen LogP contribution in [0.25, 0.3) is 10.2 Å². The fourth-order valence-electron chi connectivity index (χ4n) is 2.87. The smallest absolute Gasteiger partial charge is 0.310 e. The Bertz CT molecular complexity index is 1290. The molecule has 0 saturated carbocycles. The third-order valence-electron chi connectivity index (χ3n) is 4.46. The number of nitrogens with zero attached hydrogens (tertiary/aromatic N) is 4. The molecule has 0 saturated heterocycles. The van der Waals surface area contributed by atoms with Crippen molar-refractivity contribution in [3.63, 3.8) is 0 Å². The van der Waals surface area contributed by atoms with Crippen molar-refractivity contribution in [1.29, 1.82) is 0 Å². The number of amides is 1. The van der Waals surface area contributed by atoms with Gasteiger partial charge in [0.25, 0.3) is 5.91 Å². The van der Waals surface area contributed by atoms with Crippen LogP contribution in [0.3, 0.4) is 0 Å². The van der Waals surface area contributed by atoms with Crippen LogP contribution in [0.1, 0.15) is 21.5 Å². The van der Waals surface area contributed by atoms with Gasteiger partial charge < -0.3 is 5.32 Å². The number of aromatic nitrogens is 3. The van der Waals surface area contributed by atoms with Crippen molar-refractivity contribution in [3.05, 3.63) is 75.6 Å². The summed E-state index contributed by atoms with van der Waals surface area (Å²) in [6.45, 7) is 3.85. The number of fused-ring (bicyclic) bond motifs is 1. The lowest BCUT2D eigenvalue weighted by molar-refractivity contribution is -0.383. The van der Waals surface area contributed by atoms with Crippen LogP contribution in [0.4, 0.5) is 22.5 Å². The summed E-state index contributed by atoms with van der Waals surface area (Å²) < 4.78 is 0.947. The Kier molecular flexibility index (Phi) is 5.41. The average Bonchev–Trinajstić information content (AvgIpc) is 3.16. The van der Waals surface area contributed by atoms with E-state index in [1.165, 1.54) is 11.3 Å². The highest BCUT2D eigenvalue weighted by molar-refractivity contribution is 7.22. The number of benzene rings is 2. The second kappa shape index (κ2) is 8.32. The molecule has 0 fully saturated rings. The molecule has 0 spiro atoms. The molecule has 0 radical (unpaired) electrons. The molecular weight excluding hydrogens is 418 g/mol. The van der Waals surface area contributed by atoms with Crippen LogP contribution in [0.5, 0.6) is 0 Å². The molecule has 2 aromatic heterocycles. The zero-order valence-corrected chi connectivity index (χ0v) is 17.4. The van der Waals surface area contributed by atoms with Crippen LogP contribution in [-0.4, -0.2) is 25.8 Å². The highest BCUT2D eigenvalue weighted by Crippen LogP contribution is 2.34. The molecule has 1 amide bonds. The van der Waals surface area contributed by atoms with Gasteiger partial charge >= 0.3 is 5.69 Å². The van der Waals surface area contributed by atoms with Crippen LogP contribution in [0, 0.1) is 24.0 Å². The molecule has 0 aliphatic rings. The van der Waals surface area contributed by atoms with Crippen LogP contribution in [0.2, 0.25) is 0 Å². The van der Waals surface area contributed by atoms with Crippen molar-refractivity contribution in [3.8, 4) is 0 Å². The van der Waals surface area contributed by atoms with Crippen LogP contribution in [0.15, 0.2) is 48.8 Å². The summed E-state index contributed by atoms with van der Waals surface area (Å²) in [7, 11) is 0. The predicted molar refractivity (Wildman–Crippen MR) is 119 cm³/mol. The molecule has 4 aromatic rings. The second-order valence-electron chi connectivity index (χ2n) is 6.69. The number of para-hydroxylation sites is 1. The van der Waals surface area contributed by atoms with Gasteiger partial charge in [-0.3, -0.25) is 25.8 Å². The second-order valence-corrected chi connectivity index (χ2v) is 7.72. The number of hydrogen-bond acceptors (Lipinski definition) is 9. The number of hydrazine groups is 1. The molecule has 2 heterocycles. The first kappa shape index (κ1) is 20.2. The number of nitrogens with one attached hydrogen (secondary N) is 3. The van der Waals surface area contributed by atoms with Gasteiger partial charge in [-0.25, -0.2) is 15.0 Å². The van der Waals surface area contributed by atoms with E-state index in [2.05, 4.69) is 31.1 Å². The first-order valence-electron chi connectivity index (χ1n) is 9.18. The molecule has 0 aliphatic heterocycles. The molecule has 156 valence electrons. The van der Waals surface area contributed by atoms with Gasteiger partial charge in [0.2, 0.25) is 11.6 Å². The van der Waals surface area contributed by atoms with E-state index in [4.69, 9.17) is 0 Å². The lowest BCUT2D eigenvalue weighted by Gasteiger charge is -2.10. The maximum Gasteiger partial charge on any atom is 0.355 e. The van der Waals surface area contributed by atoms with Crippen LogP contribution in [-0.2, 0) is 0 Å². The molecule has 3 N–H and O–H groups in total. The lowest BCUT2D eigenvalue weighted by atomic mass is 10.1. The van der Waals surface area contributed by atoms with Gasteiger partial charge in [0.1, 0.15) is 6.33 Å². The fourth-order valence-corrected chi connectivity index (χ4v) is 3.81. The van der Waals surface area contributed by atoms with Crippen molar-refractivity contribution in [2.24, 2.45) is 0 Å². The average molecular weight is 435 g/mol. The molecule has 0 aliphatic carbocycles. The number of carbonyl (C=O) groups excluding carboxylic acids is 1. The monoisotopic (exact) mass is 435 g/mol. The Balaban J connectivity index is 1.58. The molecule has 0 atom stereocenters. The largest absolute Gasteiger partial charge is 0.355 e. The Labute approximate surface area is 180 Å². The molecular formula is C20H17N7O3S. The van der Waals surface area contributed by atoms with Crippen molar-refractivity contribution in [2.45, 2.75) is 13.8 Å². The van der Waals surface area contributed by atoms with Crippen molar-refractivity contribution >= 4 is 49.9 Å². The van der Waals surface area contributed by atoms with Gasteiger partial charge in [0, 0.05) is 5.56 Å². The summed E-state index contributed by atoms with van der Waals surface area (Å²) in [5, 5.41) is 15.1. The summed E-state index contributed by atoms with van der Waals surface area (Å²) in [5.74, 6) is -0.645. The summed E-state index contributed by atoms with van der Waals surface area (Å²) in [6.07, 6.45) is 1.16. The SMILES string of the molecule is Cc1ccc(C(=O)NNc2ncnc(Nc3nc4c(C)cccc4s3)c2[N+](=O)[O-])cc1. The van der Waals surface area contributed by atoms with Gasteiger partial charge in [-0.1, -0.05) is 41.2 Å². The van der Waals surface area contributed by atoms with Crippen molar-refractivity contribution in [2.75, 3.05) is 10.7 Å². The minimum absolute atomic E-state index is 0.0382. The van der Waals surface area contributed by atoms with Crippen LogP contribution < -0.4 is 16.2 Å². The molecule has 10 nitrogen and oxygen atoms in total. The minimum atomic E-state index is -0.624. The Hall–Kier alpha value is -4.12. The van der Waals surface area contributed by atoms with Gasteiger partial charge in [-0.2, -0.15) is 0 Å². The van der Waals surface area contributed by atoms with E-state index in [1.54, 1.807) is 24.3 Å². The third kappa shape index (κ3) is 4.26. The van der Waals surface area contributed by atoms with Gasteiger partial charge in [-0.05, 0) is 37.6 Å². The number of rotatable bonds is 6. The predicted octanol–water partition coefficient (Wildman–Crippen LogP) is 4.11. The van der Waals surface area contributed by atoms with E-state index in [-0.39, 0.29) is 11.6 Å². The first-order chi connectivity index (χ1) is 14.9. The maximum atomic E-state index is 12.3. The molecule has 31 heavy (non-hydrogen) atoms. The first-order valence-corrected chi connectivity index (χ1v) is 9.99. The van der Waals surface area contributed by atoms with Gasteiger partial charge in [0.05, 0.1) is 15.1 Å². The van der Waals surface area contributed by atoms with Gasteiger partial charge in [0.15, 0.2) is 5.13 Å². The number of hydrogen-bond donors (Lipinski definition) is 3. The van der Waals surface area contributed by atoms with Gasteiger partial charge in [-0.15, -0.1) is 0 Å². The van der Waals surface area contributed by atoms with Crippen LogP contribution >= 0.6 is 11.3 Å². The van der Waals surface area contributed by atoms with E-state index >= 15 is 0 Å². The standard InChI is InChI=1S/C20H17N7O3S/c1-11-6-8-13(9-7-11)19(28)26-25-18-16(27(29)30)17(21-10-22-18)24-20-23-15-12(2)4-3-5-14(15)31-20/h3-10H,1-2H3,(H,26,28)(H2,21,22,23,24,25). The summed E-state index contributed by atoms with van der Waals surface area (Å²) in [6, 6.07) is 12.7. The summed E-state index contributed by atoms with van der Waals surface area (Å²) in [5.41, 5.74) is 7.76. The molecule has 4 rings (SSSR count). The number of anilines is 3. The minimum Gasteiger partial charge on any atom is -0.310 e. The topological polar surface area (TPSA) is 135 Å². The molecule has 0 unspecified atom stereocenters. The van der Waals surface area contributed by atoms with E-state index < -0.39 is 16.5 Å². The van der Waals surface area contributed by atoms with E-state index in [0.29, 0.717) is 10.7 Å². The number of nitro groups is 1. The summed E-state index contributed by atoms with van der Waals surface area (Å²) in [4.78, 5) is 35.8. The quantitative estimate of drug-likeness (QED) is 0.304. The zero-order valence-electron chi connectivity index (χ0n) is 16.5. The third-order valence-corrected chi connectivity index (χ3v) is 5.40. The fraction of sp³-hybridized carbons (Fsp3) is 0.100. The zero-order chi connectivity index (χ0) is 22.0. The Morgan fingerprint density at radius 2 is 1.81 bits per heavy atom. The molecule has 2 aromatic carbocycles. The highest BCUT2D eigenvalue weighted by atomic mass is 32.1. The van der Waals surface area contributed by atoms with E-state index in [1.807, 2.05) is 32.0 Å². The normalized spacial score (nSPS) is 10.6. The Morgan fingerprint density at radius 1 is 1.06 bits per heavy atom. The highest BCUT2D eigenvalue weighted by Gasteiger charge is 2.24. The maximum absolute atomic E-state index is 12.3. The number of aryl methyl sites for hydroxylation is 2. The van der Waals surface area contributed by atoms with E-state index in [0.717, 1.165) is 27.7 Å². The number of carbonyl (C=O) groups is 1. The lowest BCUT2D eigenvalue weighted by Crippen LogP contribution is -2.30. The number of thiazole rings is 1. The molecule has 0 bridgehead atoms. The van der Waals surface area contributed by atoms with E-state index in [9.17, 15) is 14.9 Å².